The van der Waals surface area contributed by atoms with Gasteiger partial charge in [0, 0.05) is 18.0 Å². The Kier molecular flexibility index (Phi) is 5.97. The summed E-state index contributed by atoms with van der Waals surface area (Å²) in [6, 6.07) is 10.3. The Morgan fingerprint density at radius 1 is 1.08 bits per heavy atom. The summed E-state index contributed by atoms with van der Waals surface area (Å²) in [7, 11) is 0. The van der Waals surface area contributed by atoms with Gasteiger partial charge in [-0.3, -0.25) is 4.57 Å². The molecule has 1 aromatic heterocycles. The summed E-state index contributed by atoms with van der Waals surface area (Å²) in [4.78, 5) is 4.63. The van der Waals surface area contributed by atoms with Crippen LogP contribution >= 0.6 is 0 Å². The normalized spacial score (nSPS) is 13.4. The van der Waals surface area contributed by atoms with E-state index in [0.717, 1.165) is 11.4 Å². The molecule has 0 saturated carbocycles. The summed E-state index contributed by atoms with van der Waals surface area (Å²) in [5.74, 6) is 1.77. The Labute approximate surface area is 146 Å². The molecule has 2 nitrogen and oxygen atoms in total. The molecule has 1 heterocycles. The molecular formula is C22H28N2. The molecule has 126 valence electrons. The first-order valence-corrected chi connectivity index (χ1v) is 8.63. The third-order valence-corrected chi connectivity index (χ3v) is 4.24. The third-order valence-electron chi connectivity index (χ3n) is 4.24. The van der Waals surface area contributed by atoms with Crippen LogP contribution in [0, 0.1) is 11.8 Å². The highest BCUT2D eigenvalue weighted by molar-refractivity contribution is 5.75. The molecule has 0 unspecified atom stereocenters. The molecule has 1 aromatic carbocycles. The van der Waals surface area contributed by atoms with Crippen molar-refractivity contribution < 1.29 is 0 Å². The van der Waals surface area contributed by atoms with Crippen molar-refractivity contribution in [1.29, 1.82) is 0 Å². The van der Waals surface area contributed by atoms with Crippen LogP contribution in [0.2, 0.25) is 0 Å². The van der Waals surface area contributed by atoms with Crippen molar-refractivity contribution in [2.75, 3.05) is 0 Å². The number of aromatic nitrogens is 2. The van der Waals surface area contributed by atoms with Gasteiger partial charge in [0.25, 0.3) is 0 Å². The summed E-state index contributed by atoms with van der Waals surface area (Å²) >= 11 is 0. The van der Waals surface area contributed by atoms with Crippen molar-refractivity contribution in [2.45, 2.75) is 34.6 Å². The molecule has 0 aliphatic carbocycles. The van der Waals surface area contributed by atoms with Crippen LogP contribution in [0.15, 0.2) is 72.6 Å². The molecule has 0 saturated heterocycles. The highest BCUT2D eigenvalue weighted by Crippen LogP contribution is 2.33. The monoisotopic (exact) mass is 320 g/mol. The van der Waals surface area contributed by atoms with E-state index in [1.54, 1.807) is 0 Å². The summed E-state index contributed by atoms with van der Waals surface area (Å²) in [6.07, 6.45) is 8.12. The molecule has 2 rings (SSSR count). The molecule has 0 amide bonds. The summed E-state index contributed by atoms with van der Waals surface area (Å²) in [6.45, 7) is 15.1. The molecule has 2 heteroatoms. The summed E-state index contributed by atoms with van der Waals surface area (Å²) in [5.41, 5.74) is 4.88. The highest BCUT2D eigenvalue weighted by atomic mass is 15.1. The van der Waals surface area contributed by atoms with Gasteiger partial charge in [-0.25, -0.2) is 4.98 Å². The highest BCUT2D eigenvalue weighted by Gasteiger charge is 2.19. The molecule has 0 atom stereocenters. The van der Waals surface area contributed by atoms with E-state index in [2.05, 4.69) is 75.2 Å². The van der Waals surface area contributed by atoms with E-state index in [-0.39, 0.29) is 0 Å². The Morgan fingerprint density at radius 2 is 1.75 bits per heavy atom. The van der Waals surface area contributed by atoms with E-state index in [1.807, 2.05) is 30.5 Å². The maximum Gasteiger partial charge on any atom is 0.144 e. The average molecular weight is 320 g/mol. The van der Waals surface area contributed by atoms with Gasteiger partial charge in [-0.05, 0) is 29.9 Å². The van der Waals surface area contributed by atoms with Gasteiger partial charge in [0.05, 0.1) is 5.70 Å². The molecule has 0 radical (unpaired) electrons. The van der Waals surface area contributed by atoms with Gasteiger partial charge in [-0.1, -0.05) is 76.8 Å². The second-order valence-electron chi connectivity index (χ2n) is 6.55. The molecule has 0 fully saturated rings. The van der Waals surface area contributed by atoms with Crippen LogP contribution in [0.25, 0.3) is 17.1 Å². The molecular weight excluding hydrogens is 292 g/mol. The summed E-state index contributed by atoms with van der Waals surface area (Å²) < 4.78 is 2.21. The first kappa shape index (κ1) is 18.0. The number of nitrogens with zero attached hydrogens (tertiary/aromatic N) is 2. The van der Waals surface area contributed by atoms with E-state index in [0.29, 0.717) is 11.8 Å². The molecule has 2 aromatic rings. The predicted molar refractivity (Wildman–Crippen MR) is 105 cm³/mol. The number of hydrogen-bond donors (Lipinski definition) is 0. The number of rotatable bonds is 6. The van der Waals surface area contributed by atoms with Crippen LogP contribution < -0.4 is 0 Å². The van der Waals surface area contributed by atoms with Gasteiger partial charge in [-0.2, -0.15) is 0 Å². The fourth-order valence-electron chi connectivity index (χ4n) is 3.08. The number of allylic oxidation sites excluding steroid dienone is 5. The first-order chi connectivity index (χ1) is 11.5. The SMILES string of the molecule is C=C/C(=C(\C(=C/C)C(C)C)n1ccnc1-c1ccccc1)C(C)C. The molecule has 24 heavy (non-hydrogen) atoms. The average Bonchev–Trinajstić information content (AvgIpc) is 3.04. The van der Waals surface area contributed by atoms with Gasteiger partial charge in [0.15, 0.2) is 0 Å². The van der Waals surface area contributed by atoms with Crippen molar-refractivity contribution in [1.82, 2.24) is 9.55 Å². The smallest absolute Gasteiger partial charge is 0.144 e. The second-order valence-corrected chi connectivity index (χ2v) is 6.55. The van der Waals surface area contributed by atoms with Crippen molar-refractivity contribution in [3.8, 4) is 11.4 Å². The fourth-order valence-corrected chi connectivity index (χ4v) is 3.08. The maximum absolute atomic E-state index is 4.63. The van der Waals surface area contributed by atoms with Gasteiger partial charge in [0.1, 0.15) is 5.82 Å². The van der Waals surface area contributed by atoms with Crippen molar-refractivity contribution in [3.05, 3.63) is 72.6 Å². The minimum atomic E-state index is 0.386. The molecule has 0 spiro atoms. The van der Waals surface area contributed by atoms with Gasteiger partial charge in [-0.15, -0.1) is 0 Å². The lowest BCUT2D eigenvalue weighted by Crippen LogP contribution is -2.11. The Hall–Kier alpha value is -2.35. The van der Waals surface area contributed by atoms with Crippen LogP contribution in [-0.2, 0) is 0 Å². The van der Waals surface area contributed by atoms with Crippen molar-refractivity contribution in [3.63, 3.8) is 0 Å². The quantitative estimate of drug-likeness (QED) is 0.579. The molecule has 0 aliphatic heterocycles. The molecule has 0 aliphatic rings. The standard InChI is InChI=1S/C22H28N2/c1-7-19(16(3)4)21(20(8-2)17(5)6)24-15-14-23-22(24)18-12-10-9-11-13-18/h7-17H,1H2,2-6H3/b20-8-,21-19-. The van der Waals surface area contributed by atoms with E-state index >= 15 is 0 Å². The largest absolute Gasteiger partial charge is 0.299 e. The van der Waals surface area contributed by atoms with Crippen LogP contribution in [0.3, 0.4) is 0 Å². The number of imidazole rings is 1. The Bertz CT molecular complexity index is 743. The number of hydrogen-bond acceptors (Lipinski definition) is 1. The van der Waals surface area contributed by atoms with Crippen LogP contribution in [0.4, 0.5) is 0 Å². The van der Waals surface area contributed by atoms with Crippen molar-refractivity contribution >= 4 is 5.70 Å². The lowest BCUT2D eigenvalue weighted by Gasteiger charge is -2.23. The first-order valence-electron chi connectivity index (χ1n) is 8.63. The Balaban J connectivity index is 2.76. The zero-order chi connectivity index (χ0) is 17.7. The minimum Gasteiger partial charge on any atom is -0.299 e. The topological polar surface area (TPSA) is 17.8 Å². The predicted octanol–water partition coefficient (Wildman–Crippen LogP) is 6.21. The van der Waals surface area contributed by atoms with Gasteiger partial charge < -0.3 is 0 Å². The lowest BCUT2D eigenvalue weighted by molar-refractivity contribution is 0.753. The van der Waals surface area contributed by atoms with Crippen molar-refractivity contribution in [2.24, 2.45) is 11.8 Å². The van der Waals surface area contributed by atoms with E-state index < -0.39 is 0 Å². The summed E-state index contributed by atoms with van der Waals surface area (Å²) in [5, 5.41) is 0. The Morgan fingerprint density at radius 3 is 2.25 bits per heavy atom. The van der Waals surface area contributed by atoms with E-state index in [1.165, 1.54) is 16.8 Å². The zero-order valence-corrected chi connectivity index (χ0v) is 15.5. The van der Waals surface area contributed by atoms with Crippen LogP contribution in [0.5, 0.6) is 0 Å². The fraction of sp³-hybridized carbons (Fsp3) is 0.318. The molecule has 0 N–H and O–H groups in total. The number of benzene rings is 1. The van der Waals surface area contributed by atoms with Gasteiger partial charge >= 0.3 is 0 Å². The third kappa shape index (κ3) is 3.59. The lowest BCUT2D eigenvalue weighted by atomic mass is 9.91. The maximum atomic E-state index is 4.63. The van der Waals surface area contributed by atoms with E-state index in [9.17, 15) is 0 Å². The minimum absolute atomic E-state index is 0.386. The zero-order valence-electron chi connectivity index (χ0n) is 15.5. The van der Waals surface area contributed by atoms with E-state index in [4.69, 9.17) is 0 Å². The van der Waals surface area contributed by atoms with Gasteiger partial charge in [0.2, 0.25) is 0 Å². The van der Waals surface area contributed by atoms with Crippen LogP contribution in [-0.4, -0.2) is 9.55 Å². The van der Waals surface area contributed by atoms with Crippen LogP contribution in [0.1, 0.15) is 34.6 Å². The molecule has 0 bridgehead atoms. The second kappa shape index (κ2) is 7.96.